The summed E-state index contributed by atoms with van der Waals surface area (Å²) in [5.74, 6) is 0. The summed E-state index contributed by atoms with van der Waals surface area (Å²) in [6.45, 7) is 13.0. The minimum atomic E-state index is -4.38. The molecule has 0 aromatic heterocycles. The minimum Gasteiger partial charge on any atom is -0.290 e. The van der Waals surface area contributed by atoms with Gasteiger partial charge in [0.15, 0.2) is 4.87 Å². The van der Waals surface area contributed by atoms with Gasteiger partial charge in [0.1, 0.15) is 0 Å². The Labute approximate surface area is 133 Å². The standard InChI is InChI=1S/C13H28N2O5S2/c1-9(2,11(5,6)21(14,16)17)12(7)10(3,4)13(8,15-12)22(18,19)20/h15H,1-8H3,(H2,14,16,17)(H,18,19,20). The number of hydrogen-bond acceptors (Lipinski definition) is 5. The summed E-state index contributed by atoms with van der Waals surface area (Å²) in [6.07, 6.45) is 0. The van der Waals surface area contributed by atoms with E-state index in [1.54, 1.807) is 34.6 Å². The molecule has 0 bridgehead atoms. The summed E-state index contributed by atoms with van der Waals surface area (Å²) >= 11 is 0. The van der Waals surface area contributed by atoms with Gasteiger partial charge in [-0.05, 0) is 27.7 Å². The lowest BCUT2D eigenvalue weighted by molar-refractivity contribution is -0.136. The monoisotopic (exact) mass is 356 g/mol. The molecule has 0 saturated carbocycles. The SMILES string of the molecule is CC(C)(C1(C)NC(C)(S(=O)(=O)O)C1(C)C)C(C)(C)S(N)(=O)=O. The number of primary sulfonamides is 1. The molecule has 0 amide bonds. The van der Waals surface area contributed by atoms with E-state index < -0.39 is 46.1 Å². The van der Waals surface area contributed by atoms with Crippen LogP contribution in [-0.2, 0) is 20.1 Å². The second kappa shape index (κ2) is 4.44. The zero-order chi connectivity index (χ0) is 18.2. The number of rotatable bonds is 4. The van der Waals surface area contributed by atoms with Gasteiger partial charge in [0.2, 0.25) is 10.0 Å². The number of nitrogens with one attached hydrogen (secondary N) is 1. The number of hydrogen-bond donors (Lipinski definition) is 3. The highest BCUT2D eigenvalue weighted by molar-refractivity contribution is 7.90. The zero-order valence-electron chi connectivity index (χ0n) is 14.5. The van der Waals surface area contributed by atoms with Crippen molar-refractivity contribution in [3.8, 4) is 0 Å². The van der Waals surface area contributed by atoms with E-state index in [-0.39, 0.29) is 0 Å². The van der Waals surface area contributed by atoms with Crippen molar-refractivity contribution in [3.63, 3.8) is 0 Å². The van der Waals surface area contributed by atoms with Gasteiger partial charge < -0.3 is 0 Å². The molecule has 2 atom stereocenters. The van der Waals surface area contributed by atoms with Gasteiger partial charge in [-0.2, -0.15) is 8.42 Å². The number of nitrogens with two attached hydrogens (primary N) is 1. The normalized spacial score (nSPS) is 33.4. The van der Waals surface area contributed by atoms with Crippen LogP contribution >= 0.6 is 0 Å². The van der Waals surface area contributed by atoms with Gasteiger partial charge in [-0.15, -0.1) is 0 Å². The van der Waals surface area contributed by atoms with E-state index in [2.05, 4.69) is 5.32 Å². The third kappa shape index (κ3) is 1.95. The highest BCUT2D eigenvalue weighted by atomic mass is 32.2. The first kappa shape index (κ1) is 19.8. The van der Waals surface area contributed by atoms with E-state index in [1.165, 1.54) is 20.8 Å². The molecule has 2 unspecified atom stereocenters. The molecule has 0 radical (unpaired) electrons. The van der Waals surface area contributed by atoms with Gasteiger partial charge in [-0.1, -0.05) is 27.7 Å². The summed E-state index contributed by atoms with van der Waals surface area (Å²) < 4.78 is 55.8. The molecular formula is C13H28N2O5S2. The van der Waals surface area contributed by atoms with Crippen LogP contribution in [0.5, 0.6) is 0 Å². The van der Waals surface area contributed by atoms with Crippen LogP contribution in [0.4, 0.5) is 0 Å². The summed E-state index contributed by atoms with van der Waals surface area (Å²) in [7, 11) is -8.27. The third-order valence-corrected chi connectivity index (χ3v) is 10.5. The van der Waals surface area contributed by atoms with Crippen LogP contribution in [0.3, 0.4) is 0 Å². The van der Waals surface area contributed by atoms with E-state index in [1.807, 2.05) is 0 Å². The van der Waals surface area contributed by atoms with Crippen molar-refractivity contribution in [3.05, 3.63) is 0 Å². The molecule has 9 heteroatoms. The molecule has 1 saturated heterocycles. The molecule has 0 aliphatic carbocycles. The molecule has 1 rings (SSSR count). The Morgan fingerprint density at radius 1 is 0.955 bits per heavy atom. The molecule has 132 valence electrons. The lowest BCUT2D eigenvalue weighted by Gasteiger charge is -2.72. The quantitative estimate of drug-likeness (QED) is 0.647. The van der Waals surface area contributed by atoms with Gasteiger partial charge in [-0.3, -0.25) is 9.87 Å². The van der Waals surface area contributed by atoms with E-state index in [0.29, 0.717) is 0 Å². The average molecular weight is 357 g/mol. The van der Waals surface area contributed by atoms with E-state index in [0.717, 1.165) is 0 Å². The molecule has 7 nitrogen and oxygen atoms in total. The maximum atomic E-state index is 12.0. The van der Waals surface area contributed by atoms with Crippen LogP contribution < -0.4 is 10.5 Å². The van der Waals surface area contributed by atoms with Crippen molar-refractivity contribution < 1.29 is 21.4 Å². The van der Waals surface area contributed by atoms with Crippen molar-refractivity contribution in [2.24, 2.45) is 16.0 Å². The summed E-state index contributed by atoms with van der Waals surface area (Å²) in [6, 6.07) is 0. The summed E-state index contributed by atoms with van der Waals surface area (Å²) in [5.41, 5.74) is -2.78. The van der Waals surface area contributed by atoms with Crippen molar-refractivity contribution in [1.82, 2.24) is 5.32 Å². The van der Waals surface area contributed by atoms with Gasteiger partial charge in [-0.25, -0.2) is 13.6 Å². The Kier molecular flexibility index (Phi) is 4.00. The molecule has 0 aromatic rings. The van der Waals surface area contributed by atoms with Gasteiger partial charge >= 0.3 is 0 Å². The van der Waals surface area contributed by atoms with Crippen molar-refractivity contribution in [2.45, 2.75) is 70.5 Å². The molecule has 1 heterocycles. The van der Waals surface area contributed by atoms with Crippen molar-refractivity contribution >= 4 is 20.1 Å². The fourth-order valence-electron chi connectivity index (χ4n) is 3.49. The van der Waals surface area contributed by atoms with Crippen molar-refractivity contribution in [1.29, 1.82) is 0 Å². The van der Waals surface area contributed by atoms with Crippen LogP contribution in [0.2, 0.25) is 0 Å². The Morgan fingerprint density at radius 3 is 1.55 bits per heavy atom. The van der Waals surface area contributed by atoms with Crippen LogP contribution in [0, 0.1) is 10.8 Å². The Balaban J connectivity index is 3.54. The fraction of sp³-hybridized carbons (Fsp3) is 1.00. The molecule has 0 spiro atoms. The Morgan fingerprint density at radius 2 is 1.32 bits per heavy atom. The predicted octanol–water partition coefficient (Wildman–Crippen LogP) is 1.07. The van der Waals surface area contributed by atoms with E-state index in [9.17, 15) is 21.4 Å². The highest BCUT2D eigenvalue weighted by Gasteiger charge is 2.76. The van der Waals surface area contributed by atoms with Crippen LogP contribution in [0.25, 0.3) is 0 Å². The highest BCUT2D eigenvalue weighted by Crippen LogP contribution is 2.63. The molecule has 1 aliphatic heterocycles. The fourth-order valence-corrected chi connectivity index (χ4v) is 5.58. The predicted molar refractivity (Wildman–Crippen MR) is 86.2 cm³/mol. The summed E-state index contributed by atoms with van der Waals surface area (Å²) in [5, 5.41) is 8.32. The smallest absolute Gasteiger partial charge is 0.284 e. The Bertz CT molecular complexity index is 694. The molecule has 1 aliphatic rings. The second-order valence-corrected chi connectivity index (χ2v) is 11.9. The largest absolute Gasteiger partial charge is 0.290 e. The maximum Gasteiger partial charge on any atom is 0.284 e. The van der Waals surface area contributed by atoms with E-state index >= 15 is 0 Å². The topological polar surface area (TPSA) is 127 Å². The molecular weight excluding hydrogens is 328 g/mol. The maximum absolute atomic E-state index is 12.0. The third-order valence-electron chi connectivity index (χ3n) is 6.91. The minimum absolute atomic E-state index is 0.902. The van der Waals surface area contributed by atoms with Crippen LogP contribution in [0.15, 0.2) is 0 Å². The summed E-state index contributed by atoms with van der Waals surface area (Å²) in [4.78, 5) is -1.57. The van der Waals surface area contributed by atoms with Gasteiger partial charge in [0.25, 0.3) is 10.1 Å². The molecule has 4 N–H and O–H groups in total. The van der Waals surface area contributed by atoms with Gasteiger partial charge in [0.05, 0.1) is 4.75 Å². The second-order valence-electron chi connectivity index (χ2n) is 8.06. The average Bonchev–Trinajstić information content (AvgIpc) is 2.24. The first-order chi connectivity index (χ1) is 9.21. The lowest BCUT2D eigenvalue weighted by Crippen LogP contribution is -2.89. The van der Waals surface area contributed by atoms with Crippen LogP contribution in [-0.4, -0.2) is 36.5 Å². The van der Waals surface area contributed by atoms with Crippen molar-refractivity contribution in [2.75, 3.05) is 0 Å². The zero-order valence-corrected chi connectivity index (χ0v) is 16.1. The molecule has 22 heavy (non-hydrogen) atoms. The first-order valence-electron chi connectivity index (χ1n) is 6.99. The van der Waals surface area contributed by atoms with Gasteiger partial charge in [0, 0.05) is 16.4 Å². The molecule has 1 fully saturated rings. The number of sulfonamides is 1. The van der Waals surface area contributed by atoms with Crippen LogP contribution in [0.1, 0.15) is 55.4 Å². The lowest BCUT2D eigenvalue weighted by atomic mass is 9.48. The van der Waals surface area contributed by atoms with E-state index in [4.69, 9.17) is 5.14 Å². The Hall–Kier alpha value is -0.220. The first-order valence-corrected chi connectivity index (χ1v) is 9.98. The molecule has 0 aromatic carbocycles.